The summed E-state index contributed by atoms with van der Waals surface area (Å²) >= 11 is 1.59. The molecule has 2 N–H and O–H groups in total. The van der Waals surface area contributed by atoms with Crippen molar-refractivity contribution in [2.75, 3.05) is 29.7 Å². The molecule has 2 heterocycles. The van der Waals surface area contributed by atoms with Gasteiger partial charge in [0.25, 0.3) is 5.91 Å². The summed E-state index contributed by atoms with van der Waals surface area (Å²) in [6, 6.07) is 18.1. The highest BCUT2D eigenvalue weighted by Crippen LogP contribution is 2.34. The van der Waals surface area contributed by atoms with Crippen molar-refractivity contribution in [2.45, 2.75) is 6.54 Å². The second-order valence-corrected chi connectivity index (χ2v) is 8.39. The van der Waals surface area contributed by atoms with Crippen LogP contribution in [0.5, 0.6) is 5.75 Å². The maximum Gasteiger partial charge on any atom is 0.256 e. The first-order chi connectivity index (χ1) is 16.5. The van der Waals surface area contributed by atoms with Crippen LogP contribution in [0.3, 0.4) is 0 Å². The van der Waals surface area contributed by atoms with Crippen molar-refractivity contribution in [1.82, 2.24) is 4.98 Å². The van der Waals surface area contributed by atoms with Crippen molar-refractivity contribution in [2.24, 2.45) is 0 Å². The number of nitrogens with zero attached hydrogens (tertiary/aromatic N) is 3. The molecule has 0 radical (unpaired) electrons. The molecule has 0 atom stereocenters. The summed E-state index contributed by atoms with van der Waals surface area (Å²) in [5.41, 5.74) is 2.37. The quantitative estimate of drug-likeness (QED) is 0.363. The maximum absolute atomic E-state index is 12.9. The molecule has 2 aromatic carbocycles. The van der Waals surface area contributed by atoms with Crippen LogP contribution >= 0.6 is 11.3 Å². The number of thiophene rings is 1. The zero-order valence-electron chi connectivity index (χ0n) is 18.5. The van der Waals surface area contributed by atoms with Gasteiger partial charge >= 0.3 is 0 Å². The predicted octanol–water partition coefficient (Wildman–Crippen LogP) is 4.63. The van der Waals surface area contributed by atoms with Gasteiger partial charge in [0.05, 0.1) is 18.3 Å². The first-order valence-corrected chi connectivity index (χ1v) is 11.2. The lowest BCUT2D eigenvalue weighted by atomic mass is 10.1. The Morgan fingerprint density at radius 3 is 2.68 bits per heavy atom. The Morgan fingerprint density at radius 2 is 2.03 bits per heavy atom. The topological polar surface area (TPSA) is 107 Å². The van der Waals surface area contributed by atoms with E-state index >= 15 is 0 Å². The van der Waals surface area contributed by atoms with Gasteiger partial charge in [-0.25, -0.2) is 4.98 Å². The number of anilines is 3. The smallest absolute Gasteiger partial charge is 0.256 e. The fourth-order valence-corrected chi connectivity index (χ4v) is 4.07. The van der Waals surface area contributed by atoms with Gasteiger partial charge in [-0.3, -0.25) is 9.59 Å². The molecule has 8 nitrogen and oxygen atoms in total. The summed E-state index contributed by atoms with van der Waals surface area (Å²) < 4.78 is 5.14. The highest BCUT2D eigenvalue weighted by Gasteiger charge is 2.19. The number of hydrogen-bond acceptors (Lipinski definition) is 7. The van der Waals surface area contributed by atoms with Crippen LogP contribution in [0.4, 0.5) is 17.2 Å². The predicted molar refractivity (Wildman–Crippen MR) is 134 cm³/mol. The van der Waals surface area contributed by atoms with Gasteiger partial charge < -0.3 is 20.3 Å². The van der Waals surface area contributed by atoms with E-state index in [2.05, 4.69) is 21.7 Å². The minimum Gasteiger partial charge on any atom is -0.497 e. The lowest BCUT2D eigenvalue weighted by Crippen LogP contribution is -2.16. The third-order valence-corrected chi connectivity index (χ3v) is 6.13. The van der Waals surface area contributed by atoms with E-state index in [4.69, 9.17) is 4.74 Å². The SMILES string of the molecule is COc1ccc(C(=O)Nc2nc3ccc(N(C)C=O)cc3c(NCc3cccs3)c2C#N)cc1. The lowest BCUT2D eigenvalue weighted by molar-refractivity contribution is -0.107. The maximum atomic E-state index is 12.9. The molecular formula is C25H21N5O3S. The molecule has 34 heavy (non-hydrogen) atoms. The van der Waals surface area contributed by atoms with E-state index in [1.165, 1.54) is 4.90 Å². The van der Waals surface area contributed by atoms with E-state index in [1.807, 2.05) is 17.5 Å². The second-order valence-electron chi connectivity index (χ2n) is 7.36. The first kappa shape index (κ1) is 22.8. The van der Waals surface area contributed by atoms with Gasteiger partial charge in [-0.05, 0) is 53.9 Å². The molecule has 9 heteroatoms. The standard InChI is InChI=1S/C25H21N5O3S/c1-30(15-31)17-7-10-22-20(12-17)23(27-14-19-4-3-11-34-19)21(13-26)24(28-22)29-25(32)16-5-8-18(33-2)9-6-16/h3-12,15H,14H2,1-2H3,(H2,27,28,29,32). The van der Waals surface area contributed by atoms with E-state index in [9.17, 15) is 14.9 Å². The van der Waals surface area contributed by atoms with Gasteiger partial charge in [0, 0.05) is 35.1 Å². The van der Waals surface area contributed by atoms with Crippen LogP contribution < -0.4 is 20.3 Å². The molecule has 2 amide bonds. The Bertz CT molecular complexity index is 1380. The number of methoxy groups -OCH3 is 1. The van der Waals surface area contributed by atoms with Crippen molar-refractivity contribution in [3.05, 3.63) is 76.0 Å². The largest absolute Gasteiger partial charge is 0.497 e. The van der Waals surface area contributed by atoms with Crippen LogP contribution in [0.1, 0.15) is 20.8 Å². The van der Waals surface area contributed by atoms with Crippen LogP contribution in [0.2, 0.25) is 0 Å². The molecule has 0 aliphatic carbocycles. The number of nitrogens with one attached hydrogen (secondary N) is 2. The Labute approximate surface area is 200 Å². The van der Waals surface area contributed by atoms with Crippen molar-refractivity contribution >= 4 is 51.7 Å². The van der Waals surface area contributed by atoms with Crippen molar-refractivity contribution < 1.29 is 14.3 Å². The number of amides is 2. The summed E-state index contributed by atoms with van der Waals surface area (Å²) in [5.74, 6) is 0.391. The number of fused-ring (bicyclic) bond motifs is 1. The van der Waals surface area contributed by atoms with Gasteiger partial charge in [-0.1, -0.05) is 6.07 Å². The van der Waals surface area contributed by atoms with E-state index in [-0.39, 0.29) is 11.4 Å². The fraction of sp³-hybridized carbons (Fsp3) is 0.120. The van der Waals surface area contributed by atoms with E-state index in [0.717, 1.165) is 4.88 Å². The molecule has 0 saturated carbocycles. The number of carbonyl (C=O) groups is 2. The molecule has 4 rings (SSSR count). The summed E-state index contributed by atoms with van der Waals surface area (Å²) in [4.78, 5) is 31.2. The minimum absolute atomic E-state index is 0.154. The van der Waals surface area contributed by atoms with Crippen LogP contribution in [-0.4, -0.2) is 31.5 Å². The fourth-order valence-electron chi connectivity index (χ4n) is 3.43. The molecule has 0 bridgehead atoms. The highest BCUT2D eigenvalue weighted by atomic mass is 32.1. The minimum atomic E-state index is -0.396. The van der Waals surface area contributed by atoms with Crippen LogP contribution in [0.25, 0.3) is 10.9 Å². The molecule has 0 spiro atoms. The first-order valence-electron chi connectivity index (χ1n) is 10.3. The summed E-state index contributed by atoms with van der Waals surface area (Å²) in [6.45, 7) is 0.491. The molecular weight excluding hydrogens is 450 g/mol. The number of rotatable bonds is 8. The van der Waals surface area contributed by atoms with Gasteiger partial charge in [-0.2, -0.15) is 5.26 Å². The van der Waals surface area contributed by atoms with Crippen molar-refractivity contribution in [3.63, 3.8) is 0 Å². The Balaban J connectivity index is 1.78. The van der Waals surface area contributed by atoms with E-state index in [1.54, 1.807) is 68.0 Å². The molecule has 0 aliphatic rings. The number of hydrogen-bond donors (Lipinski definition) is 2. The van der Waals surface area contributed by atoms with Crippen LogP contribution in [-0.2, 0) is 11.3 Å². The molecule has 170 valence electrons. The highest BCUT2D eigenvalue weighted by molar-refractivity contribution is 7.09. The lowest BCUT2D eigenvalue weighted by Gasteiger charge is -2.17. The number of aromatic nitrogens is 1. The normalized spacial score (nSPS) is 10.4. The third kappa shape index (κ3) is 4.67. The molecule has 4 aromatic rings. The molecule has 2 aromatic heterocycles. The molecule has 0 saturated heterocycles. The van der Waals surface area contributed by atoms with E-state index < -0.39 is 5.91 Å². The number of ether oxygens (including phenoxy) is 1. The number of nitriles is 1. The number of carbonyl (C=O) groups excluding carboxylic acids is 2. The Morgan fingerprint density at radius 1 is 1.24 bits per heavy atom. The zero-order chi connectivity index (χ0) is 24.1. The summed E-state index contributed by atoms with van der Waals surface area (Å²) in [5, 5.41) is 18.8. The van der Waals surface area contributed by atoms with Crippen molar-refractivity contribution in [3.8, 4) is 11.8 Å². The molecule has 0 unspecified atom stereocenters. The van der Waals surface area contributed by atoms with Gasteiger partial charge in [0.1, 0.15) is 17.4 Å². The van der Waals surface area contributed by atoms with E-state index in [0.29, 0.717) is 46.5 Å². The van der Waals surface area contributed by atoms with Gasteiger partial charge in [0.15, 0.2) is 5.82 Å². The van der Waals surface area contributed by atoms with Crippen LogP contribution in [0.15, 0.2) is 60.0 Å². The van der Waals surface area contributed by atoms with Gasteiger partial charge in [0.2, 0.25) is 6.41 Å². The summed E-state index contributed by atoms with van der Waals surface area (Å²) in [7, 11) is 3.20. The monoisotopic (exact) mass is 471 g/mol. The number of benzene rings is 2. The summed E-state index contributed by atoms with van der Waals surface area (Å²) in [6.07, 6.45) is 0.710. The third-order valence-electron chi connectivity index (χ3n) is 5.25. The van der Waals surface area contributed by atoms with Crippen molar-refractivity contribution in [1.29, 1.82) is 5.26 Å². The average Bonchev–Trinajstić information content (AvgIpc) is 3.40. The molecule has 0 aliphatic heterocycles. The Hall–Kier alpha value is -4.42. The average molecular weight is 472 g/mol. The van der Waals surface area contributed by atoms with Gasteiger partial charge in [-0.15, -0.1) is 11.3 Å². The van der Waals surface area contributed by atoms with Crippen LogP contribution in [0, 0.1) is 11.3 Å². The number of pyridine rings is 1. The molecule has 0 fully saturated rings. The zero-order valence-corrected chi connectivity index (χ0v) is 19.3. The Kier molecular flexibility index (Phi) is 6.71. The second kappa shape index (κ2) is 10.0.